The largest absolute Gasteiger partial charge is 0.380 e. The highest BCUT2D eigenvalue weighted by Gasteiger charge is 2.29. The summed E-state index contributed by atoms with van der Waals surface area (Å²) >= 11 is 3.65. The third-order valence-corrected chi connectivity index (χ3v) is 4.38. The van der Waals surface area contributed by atoms with Gasteiger partial charge in [0.25, 0.3) is 0 Å². The van der Waals surface area contributed by atoms with Crippen LogP contribution in [0.2, 0.25) is 0 Å². The Balaban J connectivity index is 2.18. The Bertz CT molecular complexity index is 411. The van der Waals surface area contributed by atoms with Gasteiger partial charge in [-0.1, -0.05) is 28.1 Å². The van der Waals surface area contributed by atoms with Gasteiger partial charge in [0.15, 0.2) is 0 Å². The summed E-state index contributed by atoms with van der Waals surface area (Å²) in [4.78, 5) is 2.42. The molecule has 1 aromatic rings. The van der Waals surface area contributed by atoms with Crippen LogP contribution in [-0.2, 0) is 4.74 Å². The predicted octanol–water partition coefficient (Wildman–Crippen LogP) is 2.48. The molecule has 2 unspecified atom stereocenters. The van der Waals surface area contributed by atoms with Gasteiger partial charge >= 0.3 is 0 Å². The number of likely N-dealkylation sites (tertiary alicyclic amines) is 1. The van der Waals surface area contributed by atoms with Crippen molar-refractivity contribution < 1.29 is 4.74 Å². The summed E-state index contributed by atoms with van der Waals surface area (Å²) in [5.41, 5.74) is 8.51. The molecule has 4 heteroatoms. The van der Waals surface area contributed by atoms with E-state index in [0.717, 1.165) is 24.0 Å². The lowest BCUT2D eigenvalue weighted by atomic mass is 10.0. The van der Waals surface area contributed by atoms with Gasteiger partial charge in [-0.2, -0.15) is 0 Å². The van der Waals surface area contributed by atoms with E-state index in [9.17, 15) is 0 Å². The Labute approximate surface area is 117 Å². The molecule has 2 atom stereocenters. The van der Waals surface area contributed by atoms with Crippen LogP contribution in [0.15, 0.2) is 22.7 Å². The maximum absolute atomic E-state index is 5.98. The average molecular weight is 313 g/mol. The number of ether oxygens (including phenoxy) is 1. The summed E-state index contributed by atoms with van der Waals surface area (Å²) in [6, 6.07) is 6.76. The molecule has 100 valence electrons. The second-order valence-corrected chi connectivity index (χ2v) is 5.77. The summed E-state index contributed by atoms with van der Waals surface area (Å²) in [6.07, 6.45) is 1.44. The molecule has 0 saturated carbocycles. The SMILES string of the molecule is COC1CCN(C(CN)c2ccc(C)cc2Br)C1. The Morgan fingerprint density at radius 3 is 2.89 bits per heavy atom. The zero-order valence-corrected chi connectivity index (χ0v) is 12.6. The minimum atomic E-state index is 0.278. The number of halogens is 1. The first kappa shape index (κ1) is 14.0. The van der Waals surface area contributed by atoms with E-state index in [2.05, 4.69) is 46.0 Å². The lowest BCUT2D eigenvalue weighted by Crippen LogP contribution is -2.33. The molecule has 1 saturated heterocycles. The van der Waals surface area contributed by atoms with Crippen molar-refractivity contribution in [2.45, 2.75) is 25.5 Å². The van der Waals surface area contributed by atoms with Crippen molar-refractivity contribution in [2.75, 3.05) is 26.7 Å². The van der Waals surface area contributed by atoms with Crippen LogP contribution < -0.4 is 5.73 Å². The standard InChI is InChI=1S/C14H21BrN2O/c1-10-3-4-12(13(15)7-10)14(8-16)17-6-5-11(9-17)18-2/h3-4,7,11,14H,5-6,8-9,16H2,1-2H3. The zero-order chi connectivity index (χ0) is 13.1. The Morgan fingerprint density at radius 1 is 1.56 bits per heavy atom. The van der Waals surface area contributed by atoms with Crippen molar-refractivity contribution in [3.8, 4) is 0 Å². The summed E-state index contributed by atoms with van der Waals surface area (Å²) in [6.45, 7) is 4.76. The molecule has 0 aromatic heterocycles. The average Bonchev–Trinajstić information content (AvgIpc) is 2.81. The van der Waals surface area contributed by atoms with E-state index in [0.29, 0.717) is 12.6 Å². The van der Waals surface area contributed by atoms with E-state index in [4.69, 9.17) is 10.5 Å². The van der Waals surface area contributed by atoms with Crippen molar-refractivity contribution in [3.05, 3.63) is 33.8 Å². The molecule has 0 amide bonds. The van der Waals surface area contributed by atoms with Gasteiger partial charge in [-0.15, -0.1) is 0 Å². The van der Waals surface area contributed by atoms with E-state index >= 15 is 0 Å². The van der Waals surface area contributed by atoms with Gasteiger partial charge in [-0.25, -0.2) is 0 Å². The van der Waals surface area contributed by atoms with Gasteiger partial charge in [0.1, 0.15) is 0 Å². The highest BCUT2D eigenvalue weighted by atomic mass is 79.9. The second kappa shape index (κ2) is 6.15. The number of methoxy groups -OCH3 is 1. The van der Waals surface area contributed by atoms with Gasteiger partial charge in [0.05, 0.1) is 6.10 Å². The molecule has 1 aliphatic heterocycles. The van der Waals surface area contributed by atoms with Crippen LogP contribution in [0.1, 0.15) is 23.6 Å². The van der Waals surface area contributed by atoms with Crippen molar-refractivity contribution in [2.24, 2.45) is 5.73 Å². The molecule has 1 aliphatic rings. The van der Waals surface area contributed by atoms with Crippen LogP contribution in [-0.4, -0.2) is 37.7 Å². The smallest absolute Gasteiger partial charge is 0.0710 e. The lowest BCUT2D eigenvalue weighted by Gasteiger charge is -2.28. The molecule has 18 heavy (non-hydrogen) atoms. The van der Waals surface area contributed by atoms with E-state index < -0.39 is 0 Å². The quantitative estimate of drug-likeness (QED) is 0.928. The van der Waals surface area contributed by atoms with Crippen LogP contribution in [0, 0.1) is 6.92 Å². The monoisotopic (exact) mass is 312 g/mol. The van der Waals surface area contributed by atoms with Crippen LogP contribution in [0.3, 0.4) is 0 Å². The van der Waals surface area contributed by atoms with Gasteiger partial charge in [0, 0.05) is 37.3 Å². The normalized spacial score (nSPS) is 22.3. The highest BCUT2D eigenvalue weighted by Crippen LogP contribution is 2.30. The van der Waals surface area contributed by atoms with Crippen molar-refractivity contribution >= 4 is 15.9 Å². The molecule has 0 radical (unpaired) electrons. The van der Waals surface area contributed by atoms with Crippen LogP contribution in [0.25, 0.3) is 0 Å². The molecule has 0 spiro atoms. The zero-order valence-electron chi connectivity index (χ0n) is 11.0. The van der Waals surface area contributed by atoms with Crippen molar-refractivity contribution in [1.29, 1.82) is 0 Å². The Morgan fingerprint density at radius 2 is 2.33 bits per heavy atom. The van der Waals surface area contributed by atoms with Gasteiger partial charge in [0.2, 0.25) is 0 Å². The second-order valence-electron chi connectivity index (χ2n) is 4.92. The molecular weight excluding hydrogens is 292 g/mol. The first-order valence-electron chi connectivity index (χ1n) is 6.38. The van der Waals surface area contributed by atoms with Crippen LogP contribution >= 0.6 is 15.9 Å². The van der Waals surface area contributed by atoms with Gasteiger partial charge < -0.3 is 10.5 Å². The lowest BCUT2D eigenvalue weighted by molar-refractivity contribution is 0.101. The number of hydrogen-bond acceptors (Lipinski definition) is 3. The molecule has 2 rings (SSSR count). The van der Waals surface area contributed by atoms with Crippen LogP contribution in [0.5, 0.6) is 0 Å². The molecule has 0 bridgehead atoms. The first-order chi connectivity index (χ1) is 8.65. The third-order valence-electron chi connectivity index (χ3n) is 3.69. The minimum absolute atomic E-state index is 0.278. The summed E-state index contributed by atoms with van der Waals surface area (Å²) < 4.78 is 6.58. The summed E-state index contributed by atoms with van der Waals surface area (Å²) in [5, 5.41) is 0. The number of rotatable bonds is 4. The fourth-order valence-electron chi connectivity index (χ4n) is 2.60. The highest BCUT2D eigenvalue weighted by molar-refractivity contribution is 9.10. The van der Waals surface area contributed by atoms with Gasteiger partial charge in [-0.05, 0) is 30.5 Å². The minimum Gasteiger partial charge on any atom is -0.380 e. The molecular formula is C14H21BrN2O. The number of aryl methyl sites for hydroxylation is 1. The van der Waals surface area contributed by atoms with Crippen LogP contribution in [0.4, 0.5) is 0 Å². The third kappa shape index (κ3) is 2.94. The number of hydrogen-bond donors (Lipinski definition) is 1. The maximum atomic E-state index is 5.98. The first-order valence-corrected chi connectivity index (χ1v) is 7.18. The Hall–Kier alpha value is -0.420. The molecule has 1 heterocycles. The summed E-state index contributed by atoms with van der Waals surface area (Å²) in [7, 11) is 1.79. The topological polar surface area (TPSA) is 38.5 Å². The maximum Gasteiger partial charge on any atom is 0.0710 e. The van der Waals surface area contributed by atoms with E-state index in [1.54, 1.807) is 7.11 Å². The fraction of sp³-hybridized carbons (Fsp3) is 0.571. The van der Waals surface area contributed by atoms with E-state index in [-0.39, 0.29) is 6.04 Å². The van der Waals surface area contributed by atoms with E-state index in [1.807, 2.05) is 0 Å². The van der Waals surface area contributed by atoms with Crippen molar-refractivity contribution in [3.63, 3.8) is 0 Å². The molecule has 0 aliphatic carbocycles. The molecule has 3 nitrogen and oxygen atoms in total. The number of nitrogens with two attached hydrogens (primary N) is 1. The molecule has 1 aromatic carbocycles. The van der Waals surface area contributed by atoms with Crippen molar-refractivity contribution in [1.82, 2.24) is 4.90 Å². The molecule has 1 fully saturated rings. The predicted molar refractivity (Wildman–Crippen MR) is 77.7 cm³/mol. The number of benzene rings is 1. The molecule has 2 N–H and O–H groups in total. The summed E-state index contributed by atoms with van der Waals surface area (Å²) in [5.74, 6) is 0. The number of nitrogens with zero attached hydrogens (tertiary/aromatic N) is 1. The Kier molecular flexibility index (Phi) is 4.78. The fourth-order valence-corrected chi connectivity index (χ4v) is 3.36. The van der Waals surface area contributed by atoms with Gasteiger partial charge in [-0.3, -0.25) is 4.90 Å². The van der Waals surface area contributed by atoms with E-state index in [1.165, 1.54) is 11.1 Å².